The lowest BCUT2D eigenvalue weighted by Crippen LogP contribution is -2.29. The van der Waals surface area contributed by atoms with Crippen molar-refractivity contribution in [3.63, 3.8) is 0 Å². The van der Waals surface area contributed by atoms with Gasteiger partial charge in [0.1, 0.15) is 6.61 Å². The van der Waals surface area contributed by atoms with E-state index in [1.54, 1.807) is 6.07 Å². The summed E-state index contributed by atoms with van der Waals surface area (Å²) in [6.45, 7) is 2.55. The van der Waals surface area contributed by atoms with Gasteiger partial charge in [-0.2, -0.15) is 0 Å². The lowest BCUT2D eigenvalue weighted by atomic mass is 10.1. The van der Waals surface area contributed by atoms with Crippen molar-refractivity contribution in [2.75, 3.05) is 24.0 Å². The van der Waals surface area contributed by atoms with Gasteiger partial charge in [-0.1, -0.05) is 54.1 Å². The Kier molecular flexibility index (Phi) is 7.51. The average Bonchev–Trinajstić information content (AvgIpc) is 3.31. The van der Waals surface area contributed by atoms with Crippen LogP contribution in [-0.4, -0.2) is 40.0 Å². The Bertz CT molecular complexity index is 1320. The van der Waals surface area contributed by atoms with Crippen LogP contribution < -0.4 is 9.62 Å². The summed E-state index contributed by atoms with van der Waals surface area (Å²) in [7, 11) is -3.81. The summed E-state index contributed by atoms with van der Waals surface area (Å²) in [6, 6.07) is 21.3. The predicted octanol–water partition coefficient (Wildman–Crippen LogP) is 3.65. The largest absolute Gasteiger partial charge is 0.460 e. The minimum atomic E-state index is -3.81. The van der Waals surface area contributed by atoms with E-state index >= 15 is 0 Å². The first-order valence-corrected chi connectivity index (χ1v) is 13.0. The van der Waals surface area contributed by atoms with Crippen LogP contribution in [0.3, 0.4) is 0 Å². The van der Waals surface area contributed by atoms with Crippen molar-refractivity contribution in [3.05, 3.63) is 95.1 Å². The Balaban J connectivity index is 1.28. The van der Waals surface area contributed by atoms with Gasteiger partial charge in [-0.3, -0.25) is 9.10 Å². The Morgan fingerprint density at radius 2 is 1.77 bits per heavy atom. The van der Waals surface area contributed by atoms with Crippen LogP contribution >= 0.6 is 0 Å². The summed E-state index contributed by atoms with van der Waals surface area (Å²) < 4.78 is 33.0. The number of sulfonamides is 1. The summed E-state index contributed by atoms with van der Waals surface area (Å²) in [5.41, 5.74) is 4.05. The van der Waals surface area contributed by atoms with Gasteiger partial charge < -0.3 is 10.1 Å². The maximum Gasteiger partial charge on any atom is 0.338 e. The fourth-order valence-corrected chi connectivity index (χ4v) is 5.54. The molecule has 0 fully saturated rings. The maximum absolute atomic E-state index is 13.2. The average molecular weight is 493 g/mol. The lowest BCUT2D eigenvalue weighted by Gasteiger charge is -2.19. The first kappa shape index (κ1) is 24.5. The molecule has 0 aromatic heterocycles. The zero-order valence-electron chi connectivity index (χ0n) is 19.6. The molecule has 0 saturated heterocycles. The molecule has 0 unspecified atom stereocenters. The topological polar surface area (TPSA) is 92.8 Å². The number of esters is 1. The smallest absolute Gasteiger partial charge is 0.338 e. The van der Waals surface area contributed by atoms with Crippen molar-refractivity contribution in [2.45, 2.75) is 31.1 Å². The van der Waals surface area contributed by atoms with Crippen molar-refractivity contribution in [1.82, 2.24) is 5.32 Å². The van der Waals surface area contributed by atoms with Gasteiger partial charge >= 0.3 is 5.97 Å². The summed E-state index contributed by atoms with van der Waals surface area (Å²) in [5.74, 6) is -0.765. The number of amides is 1. The predicted molar refractivity (Wildman–Crippen MR) is 134 cm³/mol. The number of carbonyl (C=O) groups is 2. The van der Waals surface area contributed by atoms with Crippen LogP contribution in [-0.2, 0) is 32.4 Å². The molecule has 1 amide bonds. The molecule has 1 N–H and O–H groups in total. The normalized spacial score (nSPS) is 12.8. The van der Waals surface area contributed by atoms with Crippen molar-refractivity contribution >= 4 is 27.6 Å². The van der Waals surface area contributed by atoms with Gasteiger partial charge in [0.05, 0.1) is 22.7 Å². The Morgan fingerprint density at radius 3 is 2.57 bits per heavy atom. The van der Waals surface area contributed by atoms with Gasteiger partial charge in [-0.25, -0.2) is 13.2 Å². The third-order valence-electron chi connectivity index (χ3n) is 5.92. The van der Waals surface area contributed by atoms with E-state index in [9.17, 15) is 18.0 Å². The zero-order valence-corrected chi connectivity index (χ0v) is 20.4. The SMILES string of the molecule is Cc1ccc(CCC(=O)NCCOC(=O)c2cccc(S(=O)(=O)N3CCc4ccccc43)c2)cc1. The van der Waals surface area contributed by atoms with Gasteiger partial charge in [0.15, 0.2) is 0 Å². The number of anilines is 1. The Labute approximate surface area is 205 Å². The highest BCUT2D eigenvalue weighted by molar-refractivity contribution is 7.92. The second kappa shape index (κ2) is 10.7. The molecule has 1 heterocycles. The van der Waals surface area contributed by atoms with Crippen LogP contribution in [0.5, 0.6) is 0 Å². The van der Waals surface area contributed by atoms with Crippen molar-refractivity contribution in [2.24, 2.45) is 0 Å². The number of para-hydroxylation sites is 1. The molecule has 0 radical (unpaired) electrons. The van der Waals surface area contributed by atoms with Crippen LogP contribution in [0.4, 0.5) is 5.69 Å². The van der Waals surface area contributed by atoms with Crippen molar-refractivity contribution in [3.8, 4) is 0 Å². The molecule has 0 bridgehead atoms. The first-order valence-electron chi connectivity index (χ1n) is 11.5. The minimum Gasteiger partial charge on any atom is -0.460 e. The molecule has 1 aliphatic rings. The summed E-state index contributed by atoms with van der Waals surface area (Å²) in [6.07, 6.45) is 1.62. The molecule has 0 saturated carbocycles. The molecule has 0 atom stereocenters. The van der Waals surface area contributed by atoms with E-state index in [4.69, 9.17) is 4.74 Å². The molecule has 35 heavy (non-hydrogen) atoms. The number of nitrogens with zero attached hydrogens (tertiary/aromatic N) is 1. The molecule has 182 valence electrons. The van der Waals surface area contributed by atoms with Crippen LogP contribution in [0.1, 0.15) is 33.5 Å². The van der Waals surface area contributed by atoms with Crippen molar-refractivity contribution in [1.29, 1.82) is 0 Å². The molecular formula is C27H28N2O5S. The number of hydrogen-bond donors (Lipinski definition) is 1. The highest BCUT2D eigenvalue weighted by Gasteiger charge is 2.31. The number of aryl methyl sites for hydroxylation is 2. The van der Waals surface area contributed by atoms with Crippen LogP contribution in [0, 0.1) is 6.92 Å². The molecule has 0 aliphatic carbocycles. The van der Waals surface area contributed by atoms with E-state index in [2.05, 4.69) is 5.32 Å². The number of nitrogens with one attached hydrogen (secondary N) is 1. The fraction of sp³-hybridized carbons (Fsp3) is 0.259. The monoisotopic (exact) mass is 492 g/mol. The number of rotatable bonds is 9. The van der Waals surface area contributed by atoms with Crippen LogP contribution in [0.25, 0.3) is 0 Å². The summed E-state index contributed by atoms with van der Waals surface area (Å²) in [4.78, 5) is 24.6. The molecule has 3 aromatic carbocycles. The van der Waals surface area contributed by atoms with Gasteiger partial charge in [0.2, 0.25) is 5.91 Å². The minimum absolute atomic E-state index is 0.00835. The fourth-order valence-electron chi connectivity index (χ4n) is 3.99. The Hall–Kier alpha value is -3.65. The highest BCUT2D eigenvalue weighted by atomic mass is 32.2. The van der Waals surface area contributed by atoms with Gasteiger partial charge in [0, 0.05) is 13.0 Å². The molecule has 7 nitrogen and oxygen atoms in total. The second-order valence-electron chi connectivity index (χ2n) is 8.46. The van der Waals surface area contributed by atoms with E-state index in [0.717, 1.165) is 11.1 Å². The van der Waals surface area contributed by atoms with Gasteiger partial charge in [-0.15, -0.1) is 0 Å². The van der Waals surface area contributed by atoms with Gasteiger partial charge in [-0.05, 0) is 55.2 Å². The maximum atomic E-state index is 13.2. The lowest BCUT2D eigenvalue weighted by molar-refractivity contribution is -0.121. The number of hydrogen-bond acceptors (Lipinski definition) is 5. The van der Waals surface area contributed by atoms with E-state index in [0.29, 0.717) is 31.5 Å². The van der Waals surface area contributed by atoms with E-state index in [-0.39, 0.29) is 29.5 Å². The first-order chi connectivity index (χ1) is 16.8. The van der Waals surface area contributed by atoms with Crippen LogP contribution in [0.2, 0.25) is 0 Å². The summed E-state index contributed by atoms with van der Waals surface area (Å²) in [5, 5.41) is 2.73. The number of fused-ring (bicyclic) bond motifs is 1. The molecule has 1 aliphatic heterocycles. The highest BCUT2D eigenvalue weighted by Crippen LogP contribution is 2.32. The Morgan fingerprint density at radius 1 is 1.00 bits per heavy atom. The van der Waals surface area contributed by atoms with E-state index < -0.39 is 16.0 Å². The third-order valence-corrected chi connectivity index (χ3v) is 7.73. The van der Waals surface area contributed by atoms with Crippen molar-refractivity contribution < 1.29 is 22.7 Å². The summed E-state index contributed by atoms with van der Waals surface area (Å²) >= 11 is 0. The third kappa shape index (κ3) is 5.89. The number of ether oxygens (including phenoxy) is 1. The molecule has 4 rings (SSSR count). The quantitative estimate of drug-likeness (QED) is 0.364. The number of carbonyl (C=O) groups excluding carboxylic acids is 2. The standard InChI is InChI=1S/C27H28N2O5S/c1-20-9-11-21(12-10-20)13-14-26(30)28-16-18-34-27(31)23-6-4-7-24(19-23)35(32,33)29-17-15-22-5-2-3-8-25(22)29/h2-12,19H,13-18H2,1H3,(H,28,30). The molecular weight excluding hydrogens is 464 g/mol. The van der Waals surface area contributed by atoms with Crippen LogP contribution in [0.15, 0.2) is 77.7 Å². The second-order valence-corrected chi connectivity index (χ2v) is 10.3. The molecule has 8 heteroatoms. The zero-order chi connectivity index (χ0) is 24.8. The van der Waals surface area contributed by atoms with E-state index in [1.807, 2.05) is 49.4 Å². The molecule has 0 spiro atoms. The number of benzene rings is 3. The van der Waals surface area contributed by atoms with E-state index in [1.165, 1.54) is 34.1 Å². The van der Waals surface area contributed by atoms with Gasteiger partial charge in [0.25, 0.3) is 10.0 Å². The molecule has 3 aromatic rings.